The molecule has 2 nitrogen and oxygen atoms in total. The highest BCUT2D eigenvalue weighted by Crippen LogP contribution is 2.56. The van der Waals surface area contributed by atoms with E-state index in [1.807, 2.05) is 12.1 Å². The summed E-state index contributed by atoms with van der Waals surface area (Å²) in [6, 6.07) is 5.97. The van der Waals surface area contributed by atoms with Crippen LogP contribution in [0, 0.1) is 23.7 Å². The Morgan fingerprint density at radius 1 is 1.05 bits per heavy atom. The Bertz CT molecular complexity index is 524. The van der Waals surface area contributed by atoms with Crippen molar-refractivity contribution < 1.29 is 10.2 Å². The molecule has 2 saturated carbocycles. The topological polar surface area (TPSA) is 40.5 Å². The number of aromatic hydroxyl groups is 1. The Morgan fingerprint density at radius 3 is 2.70 bits per heavy atom. The summed E-state index contributed by atoms with van der Waals surface area (Å²) < 4.78 is 0. The minimum absolute atomic E-state index is 0.0469. The van der Waals surface area contributed by atoms with E-state index in [-0.39, 0.29) is 6.10 Å². The first-order valence-electron chi connectivity index (χ1n) is 8.15. The average Bonchev–Trinajstić information content (AvgIpc) is 2.80. The number of aliphatic hydroxyl groups is 1. The summed E-state index contributed by atoms with van der Waals surface area (Å²) in [4.78, 5) is 0. The van der Waals surface area contributed by atoms with Gasteiger partial charge in [0.25, 0.3) is 0 Å². The molecule has 0 aliphatic heterocycles. The number of phenols is 1. The molecule has 5 unspecified atom stereocenters. The molecule has 4 rings (SSSR count). The number of hydrogen-bond donors (Lipinski definition) is 2. The molecule has 2 heteroatoms. The Labute approximate surface area is 120 Å². The minimum Gasteiger partial charge on any atom is -0.508 e. The van der Waals surface area contributed by atoms with E-state index >= 15 is 0 Å². The summed E-state index contributed by atoms with van der Waals surface area (Å²) in [7, 11) is 0. The lowest BCUT2D eigenvalue weighted by atomic mass is 9.57. The first kappa shape index (κ1) is 12.7. The number of phenolic OH excluding ortho intramolecular Hbond substituents is 1. The molecule has 0 amide bonds. The van der Waals surface area contributed by atoms with Crippen LogP contribution in [-0.2, 0) is 6.42 Å². The Hall–Kier alpha value is -1.02. The first-order valence-corrected chi connectivity index (χ1v) is 8.15. The molecule has 0 bridgehead atoms. The molecule has 20 heavy (non-hydrogen) atoms. The third kappa shape index (κ3) is 1.74. The van der Waals surface area contributed by atoms with Crippen LogP contribution in [0.1, 0.15) is 49.7 Å². The normalized spacial score (nSPS) is 42.7. The van der Waals surface area contributed by atoms with Crippen molar-refractivity contribution in [2.75, 3.05) is 0 Å². The van der Waals surface area contributed by atoms with Gasteiger partial charge in [0, 0.05) is 0 Å². The largest absolute Gasteiger partial charge is 0.508 e. The van der Waals surface area contributed by atoms with Crippen LogP contribution >= 0.6 is 0 Å². The zero-order valence-electron chi connectivity index (χ0n) is 12.1. The molecule has 2 fully saturated rings. The summed E-state index contributed by atoms with van der Waals surface area (Å²) in [5.41, 5.74) is 2.83. The summed E-state index contributed by atoms with van der Waals surface area (Å²) in [5, 5.41) is 19.9. The predicted molar refractivity (Wildman–Crippen MR) is 78.7 cm³/mol. The van der Waals surface area contributed by atoms with Crippen LogP contribution in [0.3, 0.4) is 0 Å². The molecule has 0 heterocycles. The van der Waals surface area contributed by atoms with Crippen molar-refractivity contribution in [2.24, 2.45) is 23.7 Å². The maximum atomic E-state index is 10.2. The maximum Gasteiger partial charge on any atom is 0.115 e. The van der Waals surface area contributed by atoms with E-state index in [0.29, 0.717) is 23.5 Å². The van der Waals surface area contributed by atoms with Crippen molar-refractivity contribution >= 4 is 0 Å². The summed E-state index contributed by atoms with van der Waals surface area (Å²) in [5.74, 6) is 3.74. The van der Waals surface area contributed by atoms with Crippen molar-refractivity contribution in [2.45, 2.75) is 51.0 Å². The zero-order chi connectivity index (χ0) is 13.9. The van der Waals surface area contributed by atoms with Crippen LogP contribution in [0.25, 0.3) is 0 Å². The van der Waals surface area contributed by atoms with Crippen LogP contribution < -0.4 is 0 Å². The highest BCUT2D eigenvalue weighted by atomic mass is 16.3. The van der Waals surface area contributed by atoms with Gasteiger partial charge in [0.1, 0.15) is 5.75 Å². The first-order chi connectivity index (χ1) is 9.65. The van der Waals surface area contributed by atoms with Crippen LogP contribution in [0.15, 0.2) is 18.2 Å². The molecule has 0 aromatic heterocycles. The molecule has 1 aromatic carbocycles. The third-order valence-electron chi connectivity index (χ3n) is 6.33. The van der Waals surface area contributed by atoms with Crippen LogP contribution in [0.4, 0.5) is 0 Å². The second-order valence-electron chi connectivity index (χ2n) is 7.30. The van der Waals surface area contributed by atoms with Gasteiger partial charge in [0.2, 0.25) is 0 Å². The summed E-state index contributed by atoms with van der Waals surface area (Å²) in [6.45, 7) is 2.37. The van der Waals surface area contributed by atoms with Gasteiger partial charge in [-0.2, -0.15) is 0 Å². The van der Waals surface area contributed by atoms with E-state index in [1.54, 1.807) is 0 Å². The number of hydrogen-bond acceptors (Lipinski definition) is 2. The van der Waals surface area contributed by atoms with Gasteiger partial charge in [-0.05, 0) is 85.0 Å². The van der Waals surface area contributed by atoms with E-state index in [4.69, 9.17) is 0 Å². The SMILES string of the molecule is C[C@@H]1Cc2cc(O)ccc2C2CCC3C(O)CCC3C21. The molecule has 3 aliphatic rings. The van der Waals surface area contributed by atoms with Gasteiger partial charge in [-0.25, -0.2) is 0 Å². The van der Waals surface area contributed by atoms with Crippen molar-refractivity contribution in [3.63, 3.8) is 0 Å². The third-order valence-corrected chi connectivity index (χ3v) is 6.33. The molecule has 1 aromatic rings. The second-order valence-corrected chi connectivity index (χ2v) is 7.30. The maximum absolute atomic E-state index is 10.2. The average molecular weight is 272 g/mol. The summed E-state index contributed by atoms with van der Waals surface area (Å²) in [6.07, 6.45) is 5.66. The van der Waals surface area contributed by atoms with Crippen LogP contribution in [0.2, 0.25) is 0 Å². The molecule has 0 radical (unpaired) electrons. The standard InChI is InChI=1S/C18H24O2/c1-10-8-11-9-12(19)2-3-13(11)15-5-4-14-16(18(10)15)6-7-17(14)20/h2-3,9-10,14-20H,4-8H2,1H3/t10-,14?,15?,16?,17?,18?/m1/s1. The van der Waals surface area contributed by atoms with Gasteiger partial charge in [0.15, 0.2) is 0 Å². The Kier molecular flexibility index (Phi) is 2.85. The van der Waals surface area contributed by atoms with Gasteiger partial charge in [0.05, 0.1) is 6.10 Å². The summed E-state index contributed by atoms with van der Waals surface area (Å²) >= 11 is 0. The Balaban J connectivity index is 1.73. The minimum atomic E-state index is -0.0469. The van der Waals surface area contributed by atoms with Crippen molar-refractivity contribution in [1.29, 1.82) is 0 Å². The fourth-order valence-corrected chi connectivity index (χ4v) is 5.62. The fourth-order valence-electron chi connectivity index (χ4n) is 5.62. The molecule has 2 N–H and O–H groups in total. The quantitative estimate of drug-likeness (QED) is 0.759. The molecule has 0 spiro atoms. The van der Waals surface area contributed by atoms with E-state index in [0.717, 1.165) is 24.7 Å². The zero-order valence-corrected chi connectivity index (χ0v) is 12.1. The van der Waals surface area contributed by atoms with Gasteiger partial charge >= 0.3 is 0 Å². The van der Waals surface area contributed by atoms with E-state index in [2.05, 4.69) is 13.0 Å². The number of rotatable bonds is 0. The van der Waals surface area contributed by atoms with E-state index in [9.17, 15) is 10.2 Å². The highest BCUT2D eigenvalue weighted by Gasteiger charge is 2.49. The Morgan fingerprint density at radius 2 is 1.85 bits per heavy atom. The number of aliphatic hydroxyl groups excluding tert-OH is 1. The number of benzene rings is 1. The molecule has 3 aliphatic carbocycles. The highest BCUT2D eigenvalue weighted by molar-refractivity contribution is 5.40. The van der Waals surface area contributed by atoms with Gasteiger partial charge in [-0.15, -0.1) is 0 Å². The van der Waals surface area contributed by atoms with E-state index < -0.39 is 0 Å². The smallest absolute Gasteiger partial charge is 0.115 e. The lowest BCUT2D eigenvalue weighted by molar-refractivity contribution is 0.0380. The predicted octanol–water partition coefficient (Wildman–Crippen LogP) is 3.47. The van der Waals surface area contributed by atoms with Crippen LogP contribution in [-0.4, -0.2) is 16.3 Å². The van der Waals surface area contributed by atoms with Crippen molar-refractivity contribution in [3.05, 3.63) is 29.3 Å². The second kappa shape index (κ2) is 4.49. The van der Waals surface area contributed by atoms with Crippen molar-refractivity contribution in [3.8, 4) is 5.75 Å². The molecule has 108 valence electrons. The van der Waals surface area contributed by atoms with Gasteiger partial charge in [-0.3, -0.25) is 0 Å². The molecular formula is C18H24O2. The number of fused-ring (bicyclic) bond motifs is 5. The monoisotopic (exact) mass is 272 g/mol. The van der Waals surface area contributed by atoms with Gasteiger partial charge in [-0.1, -0.05) is 13.0 Å². The molecule has 0 saturated heterocycles. The van der Waals surface area contributed by atoms with Crippen molar-refractivity contribution in [1.82, 2.24) is 0 Å². The van der Waals surface area contributed by atoms with Crippen LogP contribution in [0.5, 0.6) is 5.75 Å². The fraction of sp³-hybridized carbons (Fsp3) is 0.667. The lowest BCUT2D eigenvalue weighted by Gasteiger charge is -2.47. The lowest BCUT2D eigenvalue weighted by Crippen LogP contribution is -2.40. The van der Waals surface area contributed by atoms with E-state index in [1.165, 1.54) is 30.4 Å². The molecule has 6 atom stereocenters. The van der Waals surface area contributed by atoms with Gasteiger partial charge < -0.3 is 10.2 Å². The molecular weight excluding hydrogens is 248 g/mol.